The Hall–Kier alpha value is -1.14. The molecule has 6 heteroatoms. The van der Waals surface area contributed by atoms with Crippen LogP contribution in [-0.4, -0.2) is 42.1 Å². The Morgan fingerprint density at radius 1 is 1.04 bits per heavy atom. The monoisotopic (exact) mass is 386 g/mol. The van der Waals surface area contributed by atoms with Gasteiger partial charge in [-0.25, -0.2) is 0 Å². The van der Waals surface area contributed by atoms with E-state index < -0.39 is 16.8 Å². The third kappa shape index (κ3) is 7.07. The number of hydrogen-bond donors (Lipinski definition) is 1. The van der Waals surface area contributed by atoms with E-state index >= 15 is 0 Å². The van der Waals surface area contributed by atoms with E-state index in [4.69, 9.17) is 19.3 Å². The summed E-state index contributed by atoms with van der Waals surface area (Å²) in [5.74, 6) is -1.25. The number of carbonyl (C=O) groups is 2. The van der Waals surface area contributed by atoms with Gasteiger partial charge in [0.2, 0.25) is 0 Å². The summed E-state index contributed by atoms with van der Waals surface area (Å²) in [6.45, 7) is 12.0. The summed E-state index contributed by atoms with van der Waals surface area (Å²) in [6.07, 6.45) is 6.88. The molecule has 2 fully saturated rings. The number of carboxylic acid groups (broad SMARTS) is 1. The molecule has 1 unspecified atom stereocenters. The molecule has 1 aliphatic heterocycles. The van der Waals surface area contributed by atoms with E-state index in [0.29, 0.717) is 19.6 Å². The highest BCUT2D eigenvalue weighted by Crippen LogP contribution is 2.37. The summed E-state index contributed by atoms with van der Waals surface area (Å²) in [7, 11) is 0. The molecular formula is C21H38O6. The van der Waals surface area contributed by atoms with E-state index in [9.17, 15) is 9.59 Å². The van der Waals surface area contributed by atoms with Crippen molar-refractivity contribution in [2.24, 2.45) is 10.8 Å². The van der Waals surface area contributed by atoms with Crippen LogP contribution in [0.1, 0.15) is 86.5 Å². The van der Waals surface area contributed by atoms with Crippen molar-refractivity contribution in [3.63, 3.8) is 0 Å². The number of hydrogen-bond acceptors (Lipinski definition) is 5. The molecule has 0 aromatic carbocycles. The van der Waals surface area contributed by atoms with Gasteiger partial charge in [-0.15, -0.1) is 0 Å². The van der Waals surface area contributed by atoms with Crippen molar-refractivity contribution in [1.29, 1.82) is 0 Å². The van der Waals surface area contributed by atoms with E-state index in [1.807, 2.05) is 27.7 Å². The van der Waals surface area contributed by atoms with Crippen molar-refractivity contribution in [3.05, 3.63) is 0 Å². The van der Waals surface area contributed by atoms with Crippen LogP contribution in [0.2, 0.25) is 0 Å². The Kier molecular flexibility index (Phi) is 8.74. The standard InChI is InChI=1S/C15H26O4.C6H12O2/c1-4-14(2,3)13(16)17-10-12-11-18-15(19-12)8-6-5-7-9-15;1-4-6(2,3)5(7)8/h12H,4-11H2,1-3H3;4H2,1-3H3,(H,7,8). The van der Waals surface area contributed by atoms with Gasteiger partial charge >= 0.3 is 11.9 Å². The fraction of sp³-hybridized carbons (Fsp3) is 0.905. The Morgan fingerprint density at radius 3 is 2.04 bits per heavy atom. The predicted octanol–water partition coefficient (Wildman–Crippen LogP) is 4.55. The van der Waals surface area contributed by atoms with Crippen molar-refractivity contribution in [3.8, 4) is 0 Å². The van der Waals surface area contributed by atoms with Gasteiger partial charge in [0.25, 0.3) is 0 Å². The van der Waals surface area contributed by atoms with Gasteiger partial charge in [0.05, 0.1) is 17.4 Å². The van der Waals surface area contributed by atoms with E-state index in [2.05, 4.69) is 0 Å². The van der Waals surface area contributed by atoms with Crippen LogP contribution in [0.25, 0.3) is 0 Å². The molecular weight excluding hydrogens is 348 g/mol. The highest BCUT2D eigenvalue weighted by molar-refractivity contribution is 5.75. The lowest BCUT2D eigenvalue weighted by molar-refractivity contribution is -0.193. The summed E-state index contributed by atoms with van der Waals surface area (Å²) in [4.78, 5) is 22.2. The van der Waals surface area contributed by atoms with Crippen molar-refractivity contribution >= 4 is 11.9 Å². The molecule has 1 atom stereocenters. The summed E-state index contributed by atoms with van der Waals surface area (Å²) < 4.78 is 17.2. The molecule has 6 nitrogen and oxygen atoms in total. The Morgan fingerprint density at radius 2 is 1.59 bits per heavy atom. The molecule has 1 N–H and O–H groups in total. The number of rotatable bonds is 6. The van der Waals surface area contributed by atoms with Gasteiger partial charge in [0.15, 0.2) is 5.79 Å². The number of aliphatic carboxylic acids is 1. The molecule has 2 rings (SSSR count). The normalized spacial score (nSPS) is 22.1. The van der Waals surface area contributed by atoms with Crippen molar-refractivity contribution < 1.29 is 28.9 Å². The van der Waals surface area contributed by atoms with Crippen LogP contribution in [-0.2, 0) is 23.8 Å². The SMILES string of the molecule is CCC(C)(C)C(=O)O.CCC(C)(C)C(=O)OCC1COC2(CCCCC2)O1. The topological polar surface area (TPSA) is 82.1 Å². The molecule has 0 aromatic heterocycles. The van der Waals surface area contributed by atoms with Gasteiger partial charge in [0.1, 0.15) is 12.7 Å². The highest BCUT2D eigenvalue weighted by atomic mass is 16.8. The maximum Gasteiger partial charge on any atom is 0.311 e. The molecule has 1 saturated carbocycles. The molecule has 0 bridgehead atoms. The Bertz CT molecular complexity index is 491. The first kappa shape index (κ1) is 23.9. The van der Waals surface area contributed by atoms with Gasteiger partial charge in [-0.3, -0.25) is 9.59 Å². The maximum atomic E-state index is 11.9. The summed E-state index contributed by atoms with van der Waals surface area (Å²) in [5, 5.41) is 8.44. The lowest BCUT2D eigenvalue weighted by Crippen LogP contribution is -2.35. The molecule has 27 heavy (non-hydrogen) atoms. The zero-order valence-corrected chi connectivity index (χ0v) is 17.9. The minimum absolute atomic E-state index is 0.102. The van der Waals surface area contributed by atoms with Gasteiger partial charge in [-0.2, -0.15) is 0 Å². The first-order chi connectivity index (χ1) is 12.5. The van der Waals surface area contributed by atoms with Crippen LogP contribution in [0.3, 0.4) is 0 Å². The average Bonchev–Trinajstić information content (AvgIpc) is 3.02. The van der Waals surface area contributed by atoms with Gasteiger partial charge in [-0.05, 0) is 53.4 Å². The number of carboxylic acids is 1. The van der Waals surface area contributed by atoms with Crippen LogP contribution in [0.4, 0.5) is 0 Å². The van der Waals surface area contributed by atoms with Gasteiger partial charge < -0.3 is 19.3 Å². The molecule has 0 radical (unpaired) electrons. The summed E-state index contributed by atoms with van der Waals surface area (Å²) >= 11 is 0. The van der Waals surface area contributed by atoms with Crippen LogP contribution in [0, 0.1) is 10.8 Å². The Labute approximate surface area is 163 Å². The largest absolute Gasteiger partial charge is 0.481 e. The molecule has 1 spiro atoms. The third-order valence-corrected chi connectivity index (χ3v) is 5.83. The third-order valence-electron chi connectivity index (χ3n) is 5.83. The first-order valence-corrected chi connectivity index (χ1v) is 10.2. The zero-order valence-electron chi connectivity index (χ0n) is 17.9. The maximum absolute atomic E-state index is 11.9. The zero-order chi connectivity index (χ0) is 20.7. The van der Waals surface area contributed by atoms with E-state index in [0.717, 1.165) is 32.1 Å². The van der Waals surface area contributed by atoms with Gasteiger partial charge in [-0.1, -0.05) is 20.3 Å². The molecule has 2 aliphatic rings. The van der Waals surface area contributed by atoms with Crippen molar-refractivity contribution in [2.45, 2.75) is 98.4 Å². The molecule has 1 heterocycles. The van der Waals surface area contributed by atoms with Crippen molar-refractivity contribution in [1.82, 2.24) is 0 Å². The van der Waals surface area contributed by atoms with Crippen molar-refractivity contribution in [2.75, 3.05) is 13.2 Å². The molecule has 1 saturated heterocycles. The lowest BCUT2D eigenvalue weighted by atomic mass is 9.91. The minimum Gasteiger partial charge on any atom is -0.481 e. The van der Waals surface area contributed by atoms with Crippen LogP contribution in [0.15, 0.2) is 0 Å². The summed E-state index contributed by atoms with van der Waals surface area (Å²) in [6, 6.07) is 0. The van der Waals surface area contributed by atoms with Crippen LogP contribution < -0.4 is 0 Å². The molecule has 0 amide bonds. The first-order valence-electron chi connectivity index (χ1n) is 10.2. The van der Waals surface area contributed by atoms with E-state index in [-0.39, 0.29) is 17.9 Å². The number of ether oxygens (including phenoxy) is 3. The van der Waals surface area contributed by atoms with Crippen LogP contribution >= 0.6 is 0 Å². The van der Waals surface area contributed by atoms with E-state index in [1.165, 1.54) is 6.42 Å². The predicted molar refractivity (Wildman–Crippen MR) is 103 cm³/mol. The fourth-order valence-corrected chi connectivity index (χ4v) is 2.71. The molecule has 158 valence electrons. The fourth-order valence-electron chi connectivity index (χ4n) is 2.71. The lowest BCUT2D eigenvalue weighted by Gasteiger charge is -2.31. The second-order valence-electron chi connectivity index (χ2n) is 8.90. The average molecular weight is 387 g/mol. The smallest absolute Gasteiger partial charge is 0.311 e. The minimum atomic E-state index is -0.722. The number of carbonyl (C=O) groups excluding carboxylic acids is 1. The quantitative estimate of drug-likeness (QED) is 0.675. The number of esters is 1. The molecule has 1 aliphatic carbocycles. The van der Waals surface area contributed by atoms with E-state index in [1.54, 1.807) is 13.8 Å². The van der Waals surface area contributed by atoms with Crippen LogP contribution in [0.5, 0.6) is 0 Å². The molecule has 0 aromatic rings. The highest BCUT2D eigenvalue weighted by Gasteiger charge is 2.42. The van der Waals surface area contributed by atoms with Gasteiger partial charge in [0, 0.05) is 12.8 Å². The Balaban J connectivity index is 0.000000387. The second kappa shape index (κ2) is 9.87. The summed E-state index contributed by atoms with van der Waals surface area (Å²) in [5.41, 5.74) is -0.956. The second-order valence-corrected chi connectivity index (χ2v) is 8.90.